The highest BCUT2D eigenvalue weighted by molar-refractivity contribution is 7.09. The van der Waals surface area contributed by atoms with Crippen molar-refractivity contribution in [3.05, 3.63) is 44.5 Å². The molecule has 0 saturated carbocycles. The number of rotatable bonds is 5. The summed E-state index contributed by atoms with van der Waals surface area (Å²) in [7, 11) is 0. The van der Waals surface area contributed by atoms with Crippen LogP contribution in [0.3, 0.4) is 0 Å². The van der Waals surface area contributed by atoms with Crippen LogP contribution in [0.4, 0.5) is 0 Å². The minimum atomic E-state index is -1.05. The summed E-state index contributed by atoms with van der Waals surface area (Å²) in [6.07, 6.45) is 3.09. The lowest BCUT2D eigenvalue weighted by Crippen LogP contribution is -2.37. The van der Waals surface area contributed by atoms with Crippen molar-refractivity contribution in [1.29, 1.82) is 0 Å². The predicted octanol–water partition coefficient (Wildman–Crippen LogP) is 2.55. The third kappa shape index (κ3) is 4.00. The van der Waals surface area contributed by atoms with Gasteiger partial charge in [-0.1, -0.05) is 0 Å². The van der Waals surface area contributed by atoms with Crippen molar-refractivity contribution < 1.29 is 9.90 Å². The number of carbonyl (C=O) groups excluding carboxylic acids is 1. The highest BCUT2D eigenvalue weighted by atomic mass is 32.1. The molecule has 2 aromatic rings. The van der Waals surface area contributed by atoms with Gasteiger partial charge in [0.2, 0.25) is 5.91 Å². The van der Waals surface area contributed by atoms with E-state index in [1.54, 1.807) is 13.0 Å². The normalized spacial score (nSPS) is 14.3. The fraction of sp³-hybridized carbons (Fsp3) is 0.286. The Hall–Kier alpha value is -1.50. The van der Waals surface area contributed by atoms with Gasteiger partial charge in [0.1, 0.15) is 5.60 Å². The highest BCUT2D eigenvalue weighted by Crippen LogP contribution is 2.21. The van der Waals surface area contributed by atoms with Gasteiger partial charge in [0.25, 0.3) is 0 Å². The summed E-state index contributed by atoms with van der Waals surface area (Å²) in [6.45, 7) is 3.77. The number of thiazole rings is 1. The fourth-order valence-corrected chi connectivity index (χ4v) is 2.97. The first-order valence-electron chi connectivity index (χ1n) is 6.10. The molecule has 0 spiro atoms. The van der Waals surface area contributed by atoms with Crippen LogP contribution in [0.25, 0.3) is 6.08 Å². The number of nitrogens with zero attached hydrogens (tertiary/aromatic N) is 1. The molecule has 2 rings (SSSR count). The van der Waals surface area contributed by atoms with Crippen LogP contribution in [0.1, 0.15) is 23.2 Å². The summed E-state index contributed by atoms with van der Waals surface area (Å²) in [4.78, 5) is 15.9. The van der Waals surface area contributed by atoms with E-state index < -0.39 is 5.60 Å². The van der Waals surface area contributed by atoms with Crippen LogP contribution in [0.5, 0.6) is 0 Å². The predicted molar refractivity (Wildman–Crippen MR) is 82.8 cm³/mol. The van der Waals surface area contributed by atoms with E-state index >= 15 is 0 Å². The van der Waals surface area contributed by atoms with Crippen molar-refractivity contribution in [3.8, 4) is 0 Å². The lowest BCUT2D eigenvalue weighted by molar-refractivity contribution is -0.117. The second kappa shape index (κ2) is 6.30. The number of nitrogens with one attached hydrogen (secondary N) is 1. The van der Waals surface area contributed by atoms with Gasteiger partial charge in [0.15, 0.2) is 0 Å². The van der Waals surface area contributed by atoms with E-state index in [9.17, 15) is 9.90 Å². The molecule has 2 heterocycles. The lowest BCUT2D eigenvalue weighted by atomic mass is 9.99. The van der Waals surface area contributed by atoms with E-state index in [1.165, 1.54) is 28.7 Å². The molecule has 20 heavy (non-hydrogen) atoms. The Morgan fingerprint density at radius 3 is 2.95 bits per heavy atom. The molecule has 1 atom stereocenters. The molecule has 0 aromatic carbocycles. The van der Waals surface area contributed by atoms with E-state index in [2.05, 4.69) is 10.3 Å². The number of carbonyl (C=O) groups is 1. The second-order valence-corrected chi connectivity index (χ2v) is 6.47. The molecule has 0 aliphatic heterocycles. The molecule has 0 saturated heterocycles. The zero-order valence-corrected chi connectivity index (χ0v) is 12.9. The van der Waals surface area contributed by atoms with Crippen LogP contribution in [0.15, 0.2) is 28.3 Å². The Morgan fingerprint density at radius 2 is 2.35 bits per heavy atom. The van der Waals surface area contributed by atoms with Crippen molar-refractivity contribution in [1.82, 2.24) is 10.3 Å². The van der Waals surface area contributed by atoms with Crippen LogP contribution in [0, 0.1) is 6.92 Å². The Morgan fingerprint density at radius 1 is 1.55 bits per heavy atom. The molecule has 106 valence electrons. The molecule has 0 bridgehead atoms. The Kier molecular flexibility index (Phi) is 4.69. The Labute approximate surface area is 125 Å². The van der Waals surface area contributed by atoms with E-state index in [4.69, 9.17) is 0 Å². The van der Waals surface area contributed by atoms with Crippen LogP contribution >= 0.6 is 22.7 Å². The number of aromatic nitrogens is 1. The summed E-state index contributed by atoms with van der Waals surface area (Å²) in [5.74, 6) is -0.244. The zero-order chi connectivity index (χ0) is 14.6. The summed E-state index contributed by atoms with van der Waals surface area (Å²) < 4.78 is 0. The van der Waals surface area contributed by atoms with E-state index in [0.29, 0.717) is 0 Å². The number of hydrogen-bond acceptors (Lipinski definition) is 5. The van der Waals surface area contributed by atoms with Gasteiger partial charge in [-0.15, -0.1) is 11.3 Å². The van der Waals surface area contributed by atoms with Crippen LogP contribution in [-0.2, 0) is 10.4 Å². The van der Waals surface area contributed by atoms with Gasteiger partial charge in [-0.25, -0.2) is 4.98 Å². The summed E-state index contributed by atoms with van der Waals surface area (Å²) >= 11 is 3.06. The number of aliphatic hydroxyl groups is 1. The Balaban J connectivity index is 1.88. The molecule has 6 heteroatoms. The minimum Gasteiger partial charge on any atom is -0.384 e. The second-order valence-electron chi connectivity index (χ2n) is 4.63. The van der Waals surface area contributed by atoms with Crippen molar-refractivity contribution >= 4 is 34.7 Å². The summed E-state index contributed by atoms with van der Waals surface area (Å²) in [5.41, 5.74) is 0.523. The topological polar surface area (TPSA) is 62.2 Å². The number of amides is 1. The SMILES string of the molecule is Cc1nc(/C=C/C(=O)NCC(C)(O)c2ccsc2)cs1. The minimum absolute atomic E-state index is 0.170. The molecule has 2 N–H and O–H groups in total. The van der Waals surface area contributed by atoms with Gasteiger partial charge < -0.3 is 10.4 Å². The number of thiophene rings is 1. The van der Waals surface area contributed by atoms with Crippen molar-refractivity contribution in [2.75, 3.05) is 6.54 Å². The number of hydrogen-bond donors (Lipinski definition) is 2. The molecule has 2 aromatic heterocycles. The number of aryl methyl sites for hydroxylation is 1. The van der Waals surface area contributed by atoms with Crippen molar-refractivity contribution in [2.24, 2.45) is 0 Å². The fourth-order valence-electron chi connectivity index (χ4n) is 1.61. The first-order chi connectivity index (χ1) is 9.47. The largest absolute Gasteiger partial charge is 0.384 e. The van der Waals surface area contributed by atoms with E-state index in [0.717, 1.165) is 16.3 Å². The molecule has 4 nitrogen and oxygen atoms in total. The van der Waals surface area contributed by atoms with Crippen LogP contribution < -0.4 is 5.32 Å². The summed E-state index contributed by atoms with van der Waals surface area (Å²) in [6, 6.07) is 1.85. The van der Waals surface area contributed by atoms with Gasteiger partial charge in [-0.05, 0) is 42.3 Å². The maximum atomic E-state index is 11.7. The quantitative estimate of drug-likeness (QED) is 0.835. The van der Waals surface area contributed by atoms with Crippen LogP contribution in [-0.4, -0.2) is 22.5 Å². The molecule has 0 aliphatic rings. The molecular weight excluding hydrogens is 292 g/mol. The van der Waals surface area contributed by atoms with Crippen LogP contribution in [0.2, 0.25) is 0 Å². The lowest BCUT2D eigenvalue weighted by Gasteiger charge is -2.22. The molecule has 1 amide bonds. The third-order valence-corrected chi connectivity index (χ3v) is 4.27. The maximum Gasteiger partial charge on any atom is 0.244 e. The first-order valence-corrected chi connectivity index (χ1v) is 7.93. The Bertz CT molecular complexity index is 600. The van der Waals surface area contributed by atoms with E-state index in [-0.39, 0.29) is 12.5 Å². The first kappa shape index (κ1) is 14.9. The highest BCUT2D eigenvalue weighted by Gasteiger charge is 2.23. The van der Waals surface area contributed by atoms with Gasteiger partial charge in [0, 0.05) is 11.5 Å². The monoisotopic (exact) mass is 308 g/mol. The standard InChI is InChI=1S/C14H16N2O2S2/c1-10-16-12(8-20-10)3-4-13(17)15-9-14(2,18)11-5-6-19-7-11/h3-8,18H,9H2,1-2H3,(H,15,17)/b4-3+. The van der Waals surface area contributed by atoms with Crippen molar-refractivity contribution in [3.63, 3.8) is 0 Å². The van der Waals surface area contributed by atoms with Crippen molar-refractivity contribution in [2.45, 2.75) is 19.4 Å². The summed E-state index contributed by atoms with van der Waals surface area (Å²) in [5, 5.41) is 19.6. The maximum absolute atomic E-state index is 11.7. The van der Waals surface area contributed by atoms with Gasteiger partial charge in [0.05, 0.1) is 17.2 Å². The van der Waals surface area contributed by atoms with Gasteiger partial charge >= 0.3 is 0 Å². The third-order valence-electron chi connectivity index (χ3n) is 2.79. The molecule has 0 radical (unpaired) electrons. The average Bonchev–Trinajstić information content (AvgIpc) is 3.05. The average molecular weight is 308 g/mol. The molecule has 0 fully saturated rings. The molecule has 0 aliphatic carbocycles. The van der Waals surface area contributed by atoms with Gasteiger partial charge in [-0.2, -0.15) is 11.3 Å². The molecule has 1 unspecified atom stereocenters. The zero-order valence-electron chi connectivity index (χ0n) is 11.3. The smallest absolute Gasteiger partial charge is 0.244 e. The molecular formula is C14H16N2O2S2. The van der Waals surface area contributed by atoms with Gasteiger partial charge in [-0.3, -0.25) is 4.79 Å². The van der Waals surface area contributed by atoms with E-state index in [1.807, 2.05) is 29.1 Å².